The molecule has 0 bridgehead atoms. The number of hydrogen-bond donors (Lipinski definition) is 2. The van der Waals surface area contributed by atoms with E-state index in [4.69, 9.17) is 19.5 Å². The van der Waals surface area contributed by atoms with E-state index in [1.54, 1.807) is 73.7 Å². The van der Waals surface area contributed by atoms with E-state index in [1.807, 2.05) is 6.92 Å². The first kappa shape index (κ1) is 57.8. The highest BCUT2D eigenvalue weighted by atomic mass is 32.2. The molecule has 82 heavy (non-hydrogen) atoms. The van der Waals surface area contributed by atoms with Gasteiger partial charge in [0, 0.05) is 38.3 Å². The zero-order valence-corrected chi connectivity index (χ0v) is 44.3. The number of carbonyl (C=O) groups excluding carboxylic acids is 3. The van der Waals surface area contributed by atoms with E-state index in [0.717, 1.165) is 35.9 Å². The van der Waals surface area contributed by atoms with Crippen molar-refractivity contribution in [2.75, 3.05) is 0 Å². The number of alkyl halides is 6. The lowest BCUT2D eigenvalue weighted by atomic mass is 9.73. The molecule has 0 amide bonds. The summed E-state index contributed by atoms with van der Waals surface area (Å²) in [6, 6.07) is 46.3. The van der Waals surface area contributed by atoms with Crippen molar-refractivity contribution in [1.82, 2.24) is 0 Å². The highest BCUT2D eigenvalue weighted by molar-refractivity contribution is 7.94. The summed E-state index contributed by atoms with van der Waals surface area (Å²) >= 11 is 0.688. The summed E-state index contributed by atoms with van der Waals surface area (Å²) in [5, 5.41) is 11.9. The topological polar surface area (TPSA) is 172 Å². The number of aryl methyl sites for hydroxylation is 2. The smallest absolute Gasteiger partial charge is 0.411 e. The molecule has 0 radical (unpaired) electrons. The van der Waals surface area contributed by atoms with Gasteiger partial charge in [-0.2, -0.15) is 34.8 Å². The number of carbonyl (C=O) groups is 3. The lowest BCUT2D eigenvalue weighted by molar-refractivity contribution is -0.432. The monoisotopic (exact) mass is 1160 g/mol. The number of ether oxygens (including phenoxy) is 3. The van der Waals surface area contributed by atoms with Crippen molar-refractivity contribution in [2.24, 2.45) is 0 Å². The second kappa shape index (κ2) is 23.7. The molecule has 12 nitrogen and oxygen atoms in total. The van der Waals surface area contributed by atoms with Crippen LogP contribution in [0.4, 0.5) is 26.3 Å². The lowest BCUT2D eigenvalue weighted by Crippen LogP contribution is -2.54. The first-order chi connectivity index (χ1) is 39.0. The molecule has 0 spiro atoms. The molecule has 9 aromatic carbocycles. The fourth-order valence-corrected chi connectivity index (χ4v) is 9.88. The Hall–Kier alpha value is -8.89. The SMILES string of the molecule is Cc1ccc(C(=O)c2ccc(Oc3ccc(C(c4ccc(Oc5ccc(C(=O)c6ccc(-c7ccc(C)c(C(=O)c8ccc(Oc9ccc(SOOO)cc9)c(S(=O)(=O)O)c8)c7)cc6)cc5)cc4)(C(F)(F)F)C(F)(F)F)cc3)cc2)cc1. The van der Waals surface area contributed by atoms with Crippen LogP contribution >= 0.6 is 12.0 Å². The first-order valence-electron chi connectivity index (χ1n) is 24.4. The van der Waals surface area contributed by atoms with Gasteiger partial charge in [-0.05, 0) is 163 Å². The normalized spacial score (nSPS) is 11.9. The van der Waals surface area contributed by atoms with Crippen molar-refractivity contribution in [3.05, 3.63) is 262 Å². The number of halogens is 6. The number of rotatable bonds is 19. The summed E-state index contributed by atoms with van der Waals surface area (Å²) < 4.78 is 147. The van der Waals surface area contributed by atoms with Crippen LogP contribution in [0.15, 0.2) is 216 Å². The van der Waals surface area contributed by atoms with Crippen LogP contribution in [-0.2, 0) is 24.9 Å². The summed E-state index contributed by atoms with van der Waals surface area (Å²) in [6.07, 6.45) is -11.7. The van der Waals surface area contributed by atoms with Gasteiger partial charge in [-0.3, -0.25) is 18.9 Å². The maximum atomic E-state index is 15.1. The molecule has 9 aromatic rings. The van der Waals surface area contributed by atoms with E-state index in [0.29, 0.717) is 69.0 Å². The number of hydrogen-bond acceptors (Lipinski definition) is 12. The Balaban J connectivity index is 0.855. The molecule has 0 heterocycles. The highest BCUT2D eigenvalue weighted by Crippen LogP contribution is 2.56. The van der Waals surface area contributed by atoms with Crippen LogP contribution in [0, 0.1) is 13.8 Å². The molecule has 0 aromatic heterocycles. The van der Waals surface area contributed by atoms with Crippen LogP contribution in [0.1, 0.15) is 70.0 Å². The summed E-state index contributed by atoms with van der Waals surface area (Å²) in [5.41, 5.74) is -2.55. The quantitative estimate of drug-likeness (QED) is 0.0196. The Bertz CT molecular complexity index is 3900. The molecule has 0 unspecified atom stereocenters. The van der Waals surface area contributed by atoms with Gasteiger partial charge < -0.3 is 14.2 Å². The second-order valence-electron chi connectivity index (χ2n) is 18.4. The van der Waals surface area contributed by atoms with Crippen LogP contribution < -0.4 is 14.2 Å². The Morgan fingerprint density at radius 3 is 1.28 bits per heavy atom. The van der Waals surface area contributed by atoms with Crippen LogP contribution in [0.5, 0.6) is 34.5 Å². The molecule has 0 fully saturated rings. The molecular weight excluding hydrogens is 1110 g/mol. The van der Waals surface area contributed by atoms with Crippen LogP contribution in [0.2, 0.25) is 0 Å². The molecule has 0 aliphatic rings. The molecule has 0 saturated carbocycles. The minimum Gasteiger partial charge on any atom is -0.457 e. The average molecular weight is 1160 g/mol. The third-order valence-electron chi connectivity index (χ3n) is 13.1. The zero-order chi connectivity index (χ0) is 58.6. The van der Waals surface area contributed by atoms with Crippen LogP contribution in [-0.4, -0.2) is 47.9 Å². The van der Waals surface area contributed by atoms with Crippen molar-refractivity contribution >= 4 is 39.5 Å². The van der Waals surface area contributed by atoms with Crippen molar-refractivity contribution in [2.45, 2.75) is 41.4 Å². The van der Waals surface area contributed by atoms with Crippen LogP contribution in [0.3, 0.4) is 0 Å². The third-order valence-corrected chi connectivity index (χ3v) is 14.6. The van der Waals surface area contributed by atoms with E-state index in [9.17, 15) is 27.4 Å². The lowest BCUT2D eigenvalue weighted by Gasteiger charge is -2.38. The Morgan fingerprint density at radius 1 is 0.451 bits per heavy atom. The summed E-state index contributed by atoms with van der Waals surface area (Å²) in [4.78, 5) is 40.2. The molecular formula is C62H42F6O12S2. The molecule has 0 aliphatic heterocycles. The second-order valence-corrected chi connectivity index (χ2v) is 20.6. The van der Waals surface area contributed by atoms with Gasteiger partial charge in [0.05, 0.1) is 12.0 Å². The van der Waals surface area contributed by atoms with Gasteiger partial charge in [0.1, 0.15) is 39.4 Å². The van der Waals surface area contributed by atoms with Crippen molar-refractivity contribution < 1.29 is 82.5 Å². The summed E-state index contributed by atoms with van der Waals surface area (Å²) in [7, 11) is -4.90. The maximum Gasteiger partial charge on any atom is 0.411 e. The highest BCUT2D eigenvalue weighted by Gasteiger charge is 2.72. The van der Waals surface area contributed by atoms with Crippen molar-refractivity contribution in [1.29, 1.82) is 0 Å². The Kier molecular flexibility index (Phi) is 16.7. The maximum absolute atomic E-state index is 15.1. The number of ketones is 3. The fourth-order valence-electron chi connectivity index (χ4n) is 8.88. The summed E-state index contributed by atoms with van der Waals surface area (Å²) in [5.74, 6) is -1.16. The zero-order valence-electron chi connectivity index (χ0n) is 42.7. The Morgan fingerprint density at radius 2 is 0.841 bits per heavy atom. The third kappa shape index (κ3) is 12.5. The largest absolute Gasteiger partial charge is 0.457 e. The predicted octanol–water partition coefficient (Wildman–Crippen LogP) is 16.1. The van der Waals surface area contributed by atoms with Crippen LogP contribution in [0.25, 0.3) is 11.1 Å². The van der Waals surface area contributed by atoms with Crippen molar-refractivity contribution in [3.63, 3.8) is 0 Å². The van der Waals surface area contributed by atoms with Gasteiger partial charge >= 0.3 is 12.4 Å². The fraction of sp³-hybridized carbons (Fsp3) is 0.0806. The minimum atomic E-state index is -5.87. The molecule has 20 heteroatoms. The number of benzene rings is 9. The molecule has 0 aliphatic carbocycles. The molecule has 9 rings (SSSR count). The minimum absolute atomic E-state index is 0.0552. The standard InChI is InChI=1S/C62H42F6O12S2/c1-37-3-6-40(7-4-37)57(69)42-13-22-48(23-14-42)76-50-26-18-46(19-27-50)60(61(63,64)65,62(66,67)68)47-20-28-51(29-21-47)77-49-24-15-43(16-25-49)58(70)41-11-9-39(10-12-41)44-8-5-38(2)54(35-44)59(71)45-17-34-55(56(36-45)82(73,74)75)78-52-30-32-53(33-31-52)81-80-79-72/h3-36,72H,1-2H3,(H,73,74,75). The first-order valence-corrected chi connectivity index (χ1v) is 26.6. The van der Waals surface area contributed by atoms with E-state index in [2.05, 4.69) is 9.37 Å². The average Bonchev–Trinajstić information content (AvgIpc) is 3.37. The van der Waals surface area contributed by atoms with Gasteiger partial charge in [0.25, 0.3) is 10.1 Å². The van der Waals surface area contributed by atoms with E-state index in [1.165, 1.54) is 84.9 Å². The molecule has 0 atom stereocenters. The van der Waals surface area contributed by atoms with E-state index < -0.39 is 55.5 Å². The van der Waals surface area contributed by atoms with Gasteiger partial charge in [-0.15, -0.1) is 4.33 Å². The molecule has 416 valence electrons. The van der Waals surface area contributed by atoms with E-state index >= 15 is 26.3 Å². The van der Waals surface area contributed by atoms with E-state index in [-0.39, 0.29) is 62.5 Å². The summed E-state index contributed by atoms with van der Waals surface area (Å²) in [6.45, 7) is 3.57. The van der Waals surface area contributed by atoms with Gasteiger partial charge in [0.15, 0.2) is 17.3 Å². The molecule has 0 saturated heterocycles. The molecule has 2 N–H and O–H groups in total. The van der Waals surface area contributed by atoms with Gasteiger partial charge in [-0.1, -0.05) is 95.5 Å². The van der Waals surface area contributed by atoms with Gasteiger partial charge in [-0.25, -0.2) is 5.26 Å². The predicted molar refractivity (Wildman–Crippen MR) is 290 cm³/mol. The van der Waals surface area contributed by atoms with Gasteiger partial charge in [0.2, 0.25) is 5.41 Å². The van der Waals surface area contributed by atoms with Crippen molar-refractivity contribution in [3.8, 4) is 45.6 Å². The Labute approximate surface area is 468 Å².